The average molecular weight is 671 g/mol. The highest BCUT2D eigenvalue weighted by Crippen LogP contribution is 2.44. The second kappa shape index (κ2) is 11.5. The second-order valence-corrected chi connectivity index (χ2v) is 15.4. The van der Waals surface area contributed by atoms with Gasteiger partial charge >= 0.3 is 0 Å². The number of fused-ring (bicyclic) bond motifs is 7. The summed E-state index contributed by atoms with van der Waals surface area (Å²) in [6.07, 6.45) is 6.20. The maximum absolute atomic E-state index is 6.61. The van der Waals surface area contributed by atoms with Gasteiger partial charge < -0.3 is 14.5 Å². The molecule has 9 rings (SSSR count). The van der Waals surface area contributed by atoms with Gasteiger partial charge in [-0.05, 0) is 84.5 Å². The van der Waals surface area contributed by atoms with Gasteiger partial charge in [-0.3, -0.25) is 4.57 Å². The van der Waals surface area contributed by atoms with E-state index in [1.165, 1.54) is 58.8 Å². The maximum atomic E-state index is 6.61. The first-order chi connectivity index (χ1) is 24.2. The van der Waals surface area contributed by atoms with Crippen LogP contribution in [0.1, 0.15) is 37.5 Å². The molecule has 5 nitrogen and oxygen atoms in total. The molecule has 4 heterocycles. The van der Waals surface area contributed by atoms with Gasteiger partial charge in [-0.1, -0.05) is 69.3 Å². The first kappa shape index (κ1) is 30.5. The highest BCUT2D eigenvalue weighted by molar-refractivity contribution is 7.26. The maximum Gasteiger partial charge on any atom is 0.137 e. The largest absolute Gasteiger partial charge is 0.457 e. The molecule has 0 aliphatic carbocycles. The summed E-state index contributed by atoms with van der Waals surface area (Å²) in [6.45, 7) is 12.0. The fourth-order valence-electron chi connectivity index (χ4n) is 7.52. The molecule has 5 aromatic carbocycles. The lowest BCUT2D eigenvalue weighted by Crippen LogP contribution is -2.26. The Labute approximate surface area is 296 Å². The Kier molecular flexibility index (Phi) is 7.01. The number of hydrogen-bond acceptors (Lipinski definition) is 5. The van der Waals surface area contributed by atoms with Crippen LogP contribution in [0.15, 0.2) is 128 Å². The van der Waals surface area contributed by atoms with Crippen molar-refractivity contribution in [3.05, 3.63) is 144 Å². The Bertz CT molecular complexity index is 2600. The number of nitrogens with zero attached hydrogens (tertiary/aromatic N) is 4. The molecule has 0 saturated heterocycles. The lowest BCUT2D eigenvalue weighted by Gasteiger charge is -2.27. The zero-order chi connectivity index (χ0) is 34.1. The van der Waals surface area contributed by atoms with Crippen molar-refractivity contribution in [2.24, 2.45) is 0 Å². The Hall–Kier alpha value is -5.59. The van der Waals surface area contributed by atoms with E-state index in [0.29, 0.717) is 0 Å². The predicted octanol–water partition coefficient (Wildman–Crippen LogP) is 12.0. The van der Waals surface area contributed by atoms with Crippen LogP contribution in [0, 0.1) is 13.8 Å². The molecular formula is C44H38N4OS. The van der Waals surface area contributed by atoms with E-state index in [4.69, 9.17) is 9.72 Å². The van der Waals surface area contributed by atoms with Gasteiger partial charge in [-0.2, -0.15) is 0 Å². The smallest absolute Gasteiger partial charge is 0.137 e. The van der Waals surface area contributed by atoms with E-state index >= 15 is 0 Å². The normalized spacial score (nSPS) is 13.5. The average Bonchev–Trinajstić information content (AvgIpc) is 3.82. The molecule has 3 aromatic heterocycles. The van der Waals surface area contributed by atoms with Crippen molar-refractivity contribution in [3.8, 4) is 17.3 Å². The van der Waals surface area contributed by atoms with E-state index in [1.807, 2.05) is 29.7 Å². The molecule has 6 heteroatoms. The summed E-state index contributed by atoms with van der Waals surface area (Å²) >= 11 is 1.84. The number of aryl methyl sites for hydroxylation is 2. The number of hydrogen-bond donors (Lipinski definition) is 0. The molecule has 0 amide bonds. The molecule has 0 fully saturated rings. The lowest BCUT2D eigenvalue weighted by atomic mass is 9.84. The fourth-order valence-corrected chi connectivity index (χ4v) is 8.62. The summed E-state index contributed by atoms with van der Waals surface area (Å²) in [5, 5.41) is 4.92. The fraction of sp³-hybridized carbons (Fsp3) is 0.159. The molecule has 1 aliphatic heterocycles. The van der Waals surface area contributed by atoms with Crippen molar-refractivity contribution in [1.29, 1.82) is 0 Å². The van der Waals surface area contributed by atoms with Crippen LogP contribution in [0.2, 0.25) is 0 Å². The van der Waals surface area contributed by atoms with Crippen LogP contribution in [-0.4, -0.2) is 16.2 Å². The SMILES string of the molecule is Cc1cc(C(C)(C)C)cc(C)c1N1C=CN(c2cccc(Oc3ccc4c5ccc6sc7ccccc7c6c5n(-c5ccccn5)c4c3)c2)C1. The third-order valence-electron chi connectivity index (χ3n) is 9.88. The Morgan fingerprint density at radius 2 is 1.44 bits per heavy atom. The predicted molar refractivity (Wildman–Crippen MR) is 212 cm³/mol. The molecule has 1 aliphatic rings. The third-order valence-corrected chi connectivity index (χ3v) is 11.0. The van der Waals surface area contributed by atoms with Gasteiger partial charge in [0.15, 0.2) is 0 Å². The van der Waals surface area contributed by atoms with Gasteiger partial charge in [0.2, 0.25) is 0 Å². The number of benzene rings is 5. The van der Waals surface area contributed by atoms with Crippen LogP contribution in [0.3, 0.4) is 0 Å². The van der Waals surface area contributed by atoms with Crippen LogP contribution in [-0.2, 0) is 5.41 Å². The number of pyridine rings is 1. The molecule has 50 heavy (non-hydrogen) atoms. The first-order valence-electron chi connectivity index (χ1n) is 17.1. The van der Waals surface area contributed by atoms with Crippen LogP contribution >= 0.6 is 11.3 Å². The Morgan fingerprint density at radius 1 is 0.680 bits per heavy atom. The summed E-state index contributed by atoms with van der Waals surface area (Å²) in [6, 6.07) is 38.8. The molecule has 0 bridgehead atoms. The van der Waals surface area contributed by atoms with Crippen molar-refractivity contribution in [2.45, 2.75) is 40.0 Å². The quantitative estimate of drug-likeness (QED) is 0.182. The summed E-state index contributed by atoms with van der Waals surface area (Å²) < 4.78 is 11.5. The van der Waals surface area contributed by atoms with Gasteiger partial charge in [0.05, 0.1) is 17.7 Å². The van der Waals surface area contributed by atoms with Crippen molar-refractivity contribution < 1.29 is 4.74 Å². The Balaban J connectivity index is 1.07. The Morgan fingerprint density at radius 3 is 2.24 bits per heavy atom. The van der Waals surface area contributed by atoms with Crippen molar-refractivity contribution in [3.63, 3.8) is 0 Å². The van der Waals surface area contributed by atoms with Gasteiger partial charge in [0.25, 0.3) is 0 Å². The number of thiophene rings is 1. The van der Waals surface area contributed by atoms with Crippen molar-refractivity contribution >= 4 is 64.7 Å². The lowest BCUT2D eigenvalue weighted by molar-refractivity contribution is 0.483. The van der Waals surface area contributed by atoms with Gasteiger partial charge in [-0.15, -0.1) is 11.3 Å². The first-order valence-corrected chi connectivity index (χ1v) is 18.0. The number of anilines is 2. The van der Waals surface area contributed by atoms with E-state index in [0.717, 1.165) is 35.2 Å². The minimum Gasteiger partial charge on any atom is -0.457 e. The van der Waals surface area contributed by atoms with Gasteiger partial charge in [-0.25, -0.2) is 4.98 Å². The highest BCUT2D eigenvalue weighted by Gasteiger charge is 2.23. The van der Waals surface area contributed by atoms with E-state index in [2.05, 4.69) is 158 Å². The summed E-state index contributed by atoms with van der Waals surface area (Å²) in [7, 11) is 0. The van der Waals surface area contributed by atoms with Crippen LogP contribution in [0.4, 0.5) is 11.4 Å². The molecule has 0 atom stereocenters. The molecule has 8 aromatic rings. The highest BCUT2D eigenvalue weighted by atomic mass is 32.1. The second-order valence-electron chi connectivity index (χ2n) is 14.3. The standard InChI is InChI=1S/C44H38N4OS/c1-28-23-30(44(3,4)5)24-29(2)42(28)47-22-21-46(27-47)31-11-10-12-32(25-31)49-33-16-17-34-35-18-19-39-41(36-13-6-7-14-38(36)50-39)43(35)48(37(34)26-33)40-15-8-9-20-45-40/h6-26H,27H2,1-5H3. The van der Waals surface area contributed by atoms with E-state index in [-0.39, 0.29) is 5.41 Å². The molecule has 0 unspecified atom stereocenters. The molecule has 0 radical (unpaired) electrons. The monoisotopic (exact) mass is 670 g/mol. The molecular weight excluding hydrogens is 633 g/mol. The van der Waals surface area contributed by atoms with E-state index in [9.17, 15) is 0 Å². The summed E-state index contributed by atoms with van der Waals surface area (Å²) in [4.78, 5) is 9.43. The molecule has 246 valence electrons. The van der Waals surface area contributed by atoms with Crippen LogP contribution in [0.25, 0.3) is 47.8 Å². The van der Waals surface area contributed by atoms with Gasteiger partial charge in [0, 0.05) is 73.0 Å². The van der Waals surface area contributed by atoms with E-state index < -0.39 is 0 Å². The minimum atomic E-state index is 0.117. The van der Waals surface area contributed by atoms with Crippen LogP contribution in [0.5, 0.6) is 11.5 Å². The molecule has 0 N–H and O–H groups in total. The molecule has 0 saturated carbocycles. The zero-order valence-electron chi connectivity index (χ0n) is 28.9. The zero-order valence-corrected chi connectivity index (χ0v) is 29.8. The topological polar surface area (TPSA) is 33.5 Å². The van der Waals surface area contributed by atoms with Crippen molar-refractivity contribution in [2.75, 3.05) is 16.5 Å². The number of ether oxygens (including phenoxy) is 1. The van der Waals surface area contributed by atoms with Crippen LogP contribution < -0.4 is 14.5 Å². The summed E-state index contributed by atoms with van der Waals surface area (Å²) in [5.41, 5.74) is 8.68. The summed E-state index contributed by atoms with van der Waals surface area (Å²) in [5.74, 6) is 2.46. The van der Waals surface area contributed by atoms with Crippen molar-refractivity contribution in [1.82, 2.24) is 9.55 Å². The van der Waals surface area contributed by atoms with Gasteiger partial charge in [0.1, 0.15) is 17.3 Å². The van der Waals surface area contributed by atoms with E-state index in [1.54, 1.807) is 0 Å². The molecule has 0 spiro atoms. The minimum absolute atomic E-state index is 0.117. The number of aromatic nitrogens is 2. The number of rotatable bonds is 5. The third kappa shape index (κ3) is 5.02.